The molecule has 4 nitrogen and oxygen atoms in total. The summed E-state index contributed by atoms with van der Waals surface area (Å²) in [6.07, 6.45) is 1.67. The minimum absolute atomic E-state index is 0.144. The van der Waals surface area contributed by atoms with E-state index in [1.54, 1.807) is 6.92 Å². The molecular formula is C9H16O4. The lowest BCUT2D eigenvalue weighted by molar-refractivity contribution is -0.146. The molecule has 76 valence electrons. The first-order valence-corrected chi connectivity index (χ1v) is 4.26. The lowest BCUT2D eigenvalue weighted by Crippen LogP contribution is -2.13. The van der Waals surface area contributed by atoms with Gasteiger partial charge in [0.25, 0.3) is 0 Å². The molecule has 1 atom stereocenters. The standard InChI is InChI=1S/C9H16O4/c1-7(9(11)13-3)5-4-6-8(10)12-2/h7H,4-6H2,1-3H3/t7-/m1/s1. The average Bonchev–Trinajstić information content (AvgIpc) is 2.15. The van der Waals surface area contributed by atoms with E-state index >= 15 is 0 Å². The van der Waals surface area contributed by atoms with E-state index in [9.17, 15) is 9.59 Å². The third-order valence-corrected chi connectivity index (χ3v) is 1.85. The van der Waals surface area contributed by atoms with E-state index in [0.29, 0.717) is 19.3 Å². The number of ether oxygens (including phenoxy) is 2. The molecule has 0 fully saturated rings. The molecule has 4 heteroatoms. The predicted molar refractivity (Wildman–Crippen MR) is 47.0 cm³/mol. The third kappa shape index (κ3) is 5.22. The molecular weight excluding hydrogens is 172 g/mol. The van der Waals surface area contributed by atoms with E-state index in [2.05, 4.69) is 9.47 Å². The van der Waals surface area contributed by atoms with Crippen LogP contribution in [-0.4, -0.2) is 26.2 Å². The Morgan fingerprint density at radius 1 is 1.23 bits per heavy atom. The molecule has 13 heavy (non-hydrogen) atoms. The summed E-state index contributed by atoms with van der Waals surface area (Å²) in [5.41, 5.74) is 0. The number of hydrogen-bond donors (Lipinski definition) is 0. The van der Waals surface area contributed by atoms with Gasteiger partial charge < -0.3 is 9.47 Å². The van der Waals surface area contributed by atoms with Crippen LogP contribution < -0.4 is 0 Å². The number of carbonyl (C=O) groups is 2. The van der Waals surface area contributed by atoms with Crippen molar-refractivity contribution in [3.05, 3.63) is 0 Å². The van der Waals surface area contributed by atoms with Crippen LogP contribution in [-0.2, 0) is 19.1 Å². The van der Waals surface area contributed by atoms with Gasteiger partial charge in [0.15, 0.2) is 0 Å². The Morgan fingerprint density at radius 2 is 1.85 bits per heavy atom. The van der Waals surface area contributed by atoms with E-state index < -0.39 is 0 Å². The SMILES string of the molecule is COC(=O)CCC[C@@H](C)C(=O)OC. The average molecular weight is 188 g/mol. The quantitative estimate of drug-likeness (QED) is 0.607. The number of hydrogen-bond acceptors (Lipinski definition) is 4. The molecule has 0 N–H and O–H groups in total. The molecule has 0 radical (unpaired) electrons. The van der Waals surface area contributed by atoms with Gasteiger partial charge in [-0.25, -0.2) is 0 Å². The van der Waals surface area contributed by atoms with E-state index in [1.165, 1.54) is 14.2 Å². The Morgan fingerprint density at radius 3 is 2.31 bits per heavy atom. The lowest BCUT2D eigenvalue weighted by Gasteiger charge is -2.07. The smallest absolute Gasteiger partial charge is 0.308 e. The van der Waals surface area contributed by atoms with Gasteiger partial charge in [-0.05, 0) is 12.8 Å². The second kappa shape index (κ2) is 6.46. The Balaban J connectivity index is 3.53. The van der Waals surface area contributed by atoms with Crippen LogP contribution in [0.2, 0.25) is 0 Å². The van der Waals surface area contributed by atoms with Crippen molar-refractivity contribution in [1.29, 1.82) is 0 Å². The minimum atomic E-state index is -0.239. The van der Waals surface area contributed by atoms with Crippen molar-refractivity contribution in [3.63, 3.8) is 0 Å². The van der Waals surface area contributed by atoms with E-state index in [1.807, 2.05) is 0 Å². The fraction of sp³-hybridized carbons (Fsp3) is 0.778. The van der Waals surface area contributed by atoms with Crippen molar-refractivity contribution in [2.24, 2.45) is 5.92 Å². The zero-order valence-electron chi connectivity index (χ0n) is 8.33. The Bertz CT molecular complexity index is 176. The summed E-state index contributed by atoms with van der Waals surface area (Å²) in [7, 11) is 2.71. The molecule has 0 aromatic carbocycles. The number of carbonyl (C=O) groups excluding carboxylic acids is 2. The van der Waals surface area contributed by atoms with Gasteiger partial charge in [-0.2, -0.15) is 0 Å². The van der Waals surface area contributed by atoms with Crippen LogP contribution in [0.5, 0.6) is 0 Å². The molecule has 0 saturated heterocycles. The highest BCUT2D eigenvalue weighted by molar-refractivity contribution is 5.72. The second-order valence-corrected chi connectivity index (χ2v) is 2.89. The Kier molecular flexibility index (Phi) is 5.93. The van der Waals surface area contributed by atoms with Gasteiger partial charge in [0, 0.05) is 6.42 Å². The summed E-state index contributed by atoms with van der Waals surface area (Å²) < 4.78 is 9.00. The highest BCUT2D eigenvalue weighted by atomic mass is 16.5. The zero-order chi connectivity index (χ0) is 10.3. The summed E-state index contributed by atoms with van der Waals surface area (Å²) in [5, 5.41) is 0. The van der Waals surface area contributed by atoms with Crippen molar-refractivity contribution in [1.82, 2.24) is 0 Å². The van der Waals surface area contributed by atoms with Crippen molar-refractivity contribution >= 4 is 11.9 Å². The van der Waals surface area contributed by atoms with Gasteiger partial charge in [-0.1, -0.05) is 6.92 Å². The lowest BCUT2D eigenvalue weighted by atomic mass is 10.0. The second-order valence-electron chi connectivity index (χ2n) is 2.89. The first-order chi connectivity index (χ1) is 6.11. The first-order valence-electron chi connectivity index (χ1n) is 4.26. The molecule has 0 rings (SSSR count). The van der Waals surface area contributed by atoms with Crippen molar-refractivity contribution in [2.45, 2.75) is 26.2 Å². The largest absolute Gasteiger partial charge is 0.469 e. The fourth-order valence-electron chi connectivity index (χ4n) is 0.974. The van der Waals surface area contributed by atoms with Crippen molar-refractivity contribution in [3.8, 4) is 0 Å². The summed E-state index contributed by atoms with van der Waals surface area (Å²) in [6.45, 7) is 1.78. The van der Waals surface area contributed by atoms with Crippen LogP contribution in [0.25, 0.3) is 0 Å². The highest BCUT2D eigenvalue weighted by Gasteiger charge is 2.13. The molecule has 0 spiro atoms. The third-order valence-electron chi connectivity index (χ3n) is 1.85. The van der Waals surface area contributed by atoms with Gasteiger partial charge in [0.05, 0.1) is 20.1 Å². The van der Waals surface area contributed by atoms with Crippen LogP contribution in [0.3, 0.4) is 0 Å². The van der Waals surface area contributed by atoms with Crippen LogP contribution in [0.4, 0.5) is 0 Å². The molecule has 0 aromatic heterocycles. The Labute approximate surface area is 78.2 Å². The molecule has 0 amide bonds. The Hall–Kier alpha value is -1.06. The zero-order valence-corrected chi connectivity index (χ0v) is 8.33. The van der Waals surface area contributed by atoms with E-state index in [4.69, 9.17) is 0 Å². The predicted octanol–water partition coefficient (Wildman–Crippen LogP) is 1.14. The molecule has 0 aliphatic carbocycles. The molecule has 0 unspecified atom stereocenters. The molecule has 0 aliphatic rings. The van der Waals surface area contributed by atoms with Crippen LogP contribution >= 0.6 is 0 Å². The van der Waals surface area contributed by atoms with Gasteiger partial charge in [0.1, 0.15) is 0 Å². The van der Waals surface area contributed by atoms with Gasteiger partial charge in [-0.15, -0.1) is 0 Å². The minimum Gasteiger partial charge on any atom is -0.469 e. The molecule has 0 saturated carbocycles. The summed E-state index contributed by atoms with van der Waals surface area (Å²) >= 11 is 0. The maximum atomic E-state index is 10.9. The normalized spacial score (nSPS) is 11.9. The van der Waals surface area contributed by atoms with Crippen LogP contribution in [0.1, 0.15) is 26.2 Å². The van der Waals surface area contributed by atoms with Crippen molar-refractivity contribution < 1.29 is 19.1 Å². The number of esters is 2. The maximum Gasteiger partial charge on any atom is 0.308 e. The molecule has 0 heterocycles. The molecule has 0 aliphatic heterocycles. The van der Waals surface area contributed by atoms with Crippen LogP contribution in [0.15, 0.2) is 0 Å². The topological polar surface area (TPSA) is 52.6 Å². The summed E-state index contributed by atoms with van der Waals surface area (Å²) in [6, 6.07) is 0. The maximum absolute atomic E-state index is 10.9. The van der Waals surface area contributed by atoms with Gasteiger partial charge in [0.2, 0.25) is 0 Å². The number of methoxy groups -OCH3 is 2. The molecule has 0 bridgehead atoms. The first kappa shape index (κ1) is 11.9. The van der Waals surface area contributed by atoms with Gasteiger partial charge >= 0.3 is 11.9 Å². The monoisotopic (exact) mass is 188 g/mol. The van der Waals surface area contributed by atoms with Crippen LogP contribution in [0, 0.1) is 5.92 Å². The van der Waals surface area contributed by atoms with Gasteiger partial charge in [-0.3, -0.25) is 9.59 Å². The fourth-order valence-corrected chi connectivity index (χ4v) is 0.974. The summed E-state index contributed by atoms with van der Waals surface area (Å²) in [4.78, 5) is 21.6. The highest BCUT2D eigenvalue weighted by Crippen LogP contribution is 2.09. The molecule has 0 aromatic rings. The van der Waals surface area contributed by atoms with Crippen molar-refractivity contribution in [2.75, 3.05) is 14.2 Å². The summed E-state index contributed by atoms with van der Waals surface area (Å²) in [5.74, 6) is -0.614. The number of rotatable bonds is 5. The van der Waals surface area contributed by atoms with E-state index in [-0.39, 0.29) is 17.9 Å². The van der Waals surface area contributed by atoms with E-state index in [0.717, 1.165) is 0 Å².